The van der Waals surface area contributed by atoms with Crippen molar-refractivity contribution in [3.63, 3.8) is 0 Å². The maximum absolute atomic E-state index is 11.7. The molecule has 30 heavy (non-hydrogen) atoms. The van der Waals surface area contributed by atoms with E-state index in [-0.39, 0.29) is 64.2 Å². The van der Waals surface area contributed by atoms with E-state index in [1.165, 1.54) is 0 Å². The highest BCUT2D eigenvalue weighted by molar-refractivity contribution is 5.79. The van der Waals surface area contributed by atoms with E-state index in [4.69, 9.17) is 29.9 Å². The van der Waals surface area contributed by atoms with Gasteiger partial charge in [-0.3, -0.25) is 19.2 Å². The molecule has 0 spiro atoms. The number of esters is 2. The van der Waals surface area contributed by atoms with E-state index < -0.39 is 48.0 Å². The van der Waals surface area contributed by atoms with Crippen molar-refractivity contribution in [3.8, 4) is 0 Å². The fourth-order valence-corrected chi connectivity index (χ4v) is 2.32. The Morgan fingerprint density at radius 3 is 1.13 bits per heavy atom. The maximum Gasteiger partial charge on any atom is 0.345 e. The molecular formula is C18H26O12. The van der Waals surface area contributed by atoms with Gasteiger partial charge in [0.25, 0.3) is 0 Å². The number of carboxylic acids is 4. The van der Waals surface area contributed by atoms with Crippen molar-refractivity contribution >= 4 is 35.8 Å². The van der Waals surface area contributed by atoms with Crippen LogP contribution >= 0.6 is 0 Å². The number of hydrogen-bond acceptors (Lipinski definition) is 8. The van der Waals surface area contributed by atoms with Gasteiger partial charge in [-0.05, 0) is 38.5 Å². The van der Waals surface area contributed by atoms with Gasteiger partial charge in [0, 0.05) is 25.7 Å². The Bertz CT molecular complexity index is 573. The summed E-state index contributed by atoms with van der Waals surface area (Å²) in [5.74, 6) is -6.60. The van der Waals surface area contributed by atoms with E-state index in [1.807, 2.05) is 0 Å². The largest absolute Gasteiger partial charge is 0.481 e. The number of carboxylic acid groups (broad SMARTS) is 4. The number of carbonyl (C=O) groups excluding carboxylic acids is 2. The summed E-state index contributed by atoms with van der Waals surface area (Å²) in [5.41, 5.74) is 0. The first-order valence-corrected chi connectivity index (χ1v) is 9.31. The van der Waals surface area contributed by atoms with Gasteiger partial charge in [0.05, 0.1) is 0 Å². The minimum absolute atomic E-state index is 0.0304. The standard InChI is InChI=1S/C18H26O12/c19-13(20)7-3-5-11(17(25)26)29-15(23)9-1-2-10-16(24)30-12(18(27)28)6-4-8-14(21)22/h11-12H,1-10H2,(H,19,20)(H,21,22)(H,25,26)(H,27,28). The summed E-state index contributed by atoms with van der Waals surface area (Å²) >= 11 is 0. The van der Waals surface area contributed by atoms with Gasteiger partial charge in [0.15, 0.2) is 12.2 Å². The van der Waals surface area contributed by atoms with Crippen LogP contribution < -0.4 is 0 Å². The highest BCUT2D eigenvalue weighted by Gasteiger charge is 2.23. The minimum Gasteiger partial charge on any atom is -0.481 e. The fraction of sp³-hybridized carbons (Fsp3) is 0.667. The van der Waals surface area contributed by atoms with Crippen molar-refractivity contribution in [1.29, 1.82) is 0 Å². The monoisotopic (exact) mass is 434 g/mol. The molecule has 0 saturated heterocycles. The molecule has 12 nitrogen and oxygen atoms in total. The molecule has 0 bridgehead atoms. The third-order valence-corrected chi connectivity index (χ3v) is 3.82. The average Bonchev–Trinajstić information content (AvgIpc) is 2.62. The normalized spacial score (nSPS) is 12.4. The molecule has 0 radical (unpaired) electrons. The minimum atomic E-state index is -1.45. The van der Waals surface area contributed by atoms with Crippen molar-refractivity contribution in [2.45, 2.75) is 76.4 Å². The Morgan fingerprint density at radius 1 is 0.533 bits per heavy atom. The van der Waals surface area contributed by atoms with Crippen molar-refractivity contribution < 1.29 is 58.7 Å². The molecule has 0 aromatic heterocycles. The van der Waals surface area contributed by atoms with Crippen LogP contribution in [-0.2, 0) is 38.2 Å². The molecule has 0 aromatic carbocycles. The maximum atomic E-state index is 11.7. The lowest BCUT2D eigenvalue weighted by Crippen LogP contribution is -2.27. The first-order chi connectivity index (χ1) is 14.0. The van der Waals surface area contributed by atoms with Crippen LogP contribution in [0.3, 0.4) is 0 Å². The molecule has 0 aromatic rings. The van der Waals surface area contributed by atoms with Gasteiger partial charge in [-0.2, -0.15) is 0 Å². The highest BCUT2D eigenvalue weighted by atomic mass is 16.6. The Morgan fingerprint density at radius 2 is 0.867 bits per heavy atom. The van der Waals surface area contributed by atoms with Crippen LogP contribution in [0.4, 0.5) is 0 Å². The molecule has 2 unspecified atom stereocenters. The number of ether oxygens (including phenoxy) is 2. The second kappa shape index (κ2) is 14.8. The summed E-state index contributed by atoms with van der Waals surface area (Å²) < 4.78 is 9.57. The molecule has 0 aliphatic heterocycles. The average molecular weight is 434 g/mol. The first-order valence-electron chi connectivity index (χ1n) is 9.31. The number of rotatable bonds is 17. The molecule has 170 valence electrons. The second-order valence-electron chi connectivity index (χ2n) is 6.41. The number of carbonyl (C=O) groups is 6. The van der Waals surface area contributed by atoms with Crippen LogP contribution in [-0.4, -0.2) is 68.4 Å². The van der Waals surface area contributed by atoms with Crippen LogP contribution in [0.25, 0.3) is 0 Å². The zero-order valence-electron chi connectivity index (χ0n) is 16.3. The lowest BCUT2D eigenvalue weighted by molar-refractivity contribution is -0.165. The Hall–Kier alpha value is -3.18. The van der Waals surface area contributed by atoms with E-state index in [1.54, 1.807) is 0 Å². The molecule has 2 atom stereocenters. The molecule has 0 saturated carbocycles. The van der Waals surface area contributed by atoms with Gasteiger partial charge in [-0.15, -0.1) is 0 Å². The predicted molar refractivity (Wildman–Crippen MR) is 96.5 cm³/mol. The number of aliphatic carboxylic acids is 4. The van der Waals surface area contributed by atoms with E-state index in [0.717, 1.165) is 0 Å². The summed E-state index contributed by atoms with van der Waals surface area (Å²) in [6.45, 7) is 0. The van der Waals surface area contributed by atoms with E-state index in [2.05, 4.69) is 0 Å². The molecule has 0 heterocycles. The molecule has 0 fully saturated rings. The predicted octanol–water partition coefficient (Wildman–Crippen LogP) is 1.05. The van der Waals surface area contributed by atoms with E-state index in [9.17, 15) is 28.8 Å². The topological polar surface area (TPSA) is 202 Å². The summed E-state index contributed by atoms with van der Waals surface area (Å²) in [6.07, 6.45) is -3.69. The van der Waals surface area contributed by atoms with E-state index >= 15 is 0 Å². The molecule has 12 heteroatoms. The van der Waals surface area contributed by atoms with Gasteiger partial charge in [-0.1, -0.05) is 0 Å². The zero-order valence-corrected chi connectivity index (χ0v) is 16.3. The van der Waals surface area contributed by atoms with Gasteiger partial charge < -0.3 is 29.9 Å². The second-order valence-corrected chi connectivity index (χ2v) is 6.41. The summed E-state index contributed by atoms with van der Waals surface area (Å²) in [5, 5.41) is 35.0. The molecule has 0 rings (SSSR count). The molecular weight excluding hydrogens is 408 g/mol. The Balaban J connectivity index is 4.19. The molecule has 0 aliphatic rings. The highest BCUT2D eigenvalue weighted by Crippen LogP contribution is 2.11. The fourth-order valence-electron chi connectivity index (χ4n) is 2.32. The van der Waals surface area contributed by atoms with Crippen molar-refractivity contribution in [2.75, 3.05) is 0 Å². The molecule has 0 amide bonds. The van der Waals surface area contributed by atoms with E-state index in [0.29, 0.717) is 0 Å². The van der Waals surface area contributed by atoms with Crippen LogP contribution in [0.15, 0.2) is 0 Å². The van der Waals surface area contributed by atoms with Crippen LogP contribution in [0.2, 0.25) is 0 Å². The van der Waals surface area contributed by atoms with Gasteiger partial charge in [0.2, 0.25) is 0 Å². The third-order valence-electron chi connectivity index (χ3n) is 3.82. The van der Waals surface area contributed by atoms with Crippen LogP contribution in [0.1, 0.15) is 64.2 Å². The van der Waals surface area contributed by atoms with Crippen molar-refractivity contribution in [3.05, 3.63) is 0 Å². The summed E-state index contributed by atoms with van der Waals surface area (Å²) in [4.78, 5) is 66.3. The Labute approximate surface area is 171 Å². The van der Waals surface area contributed by atoms with Gasteiger partial charge in [-0.25, -0.2) is 9.59 Å². The quantitative estimate of drug-likeness (QED) is 0.187. The van der Waals surface area contributed by atoms with Crippen molar-refractivity contribution in [1.82, 2.24) is 0 Å². The van der Waals surface area contributed by atoms with Crippen LogP contribution in [0.5, 0.6) is 0 Å². The molecule has 0 aliphatic carbocycles. The molecule has 4 N–H and O–H groups in total. The van der Waals surface area contributed by atoms with Gasteiger partial charge >= 0.3 is 35.8 Å². The number of unbranched alkanes of at least 4 members (excludes halogenated alkanes) is 1. The summed E-state index contributed by atoms with van der Waals surface area (Å²) in [7, 11) is 0. The smallest absolute Gasteiger partial charge is 0.345 e. The third kappa shape index (κ3) is 13.9. The van der Waals surface area contributed by atoms with Crippen molar-refractivity contribution in [2.24, 2.45) is 0 Å². The number of hydrogen-bond donors (Lipinski definition) is 4. The zero-order chi connectivity index (χ0) is 23.1. The SMILES string of the molecule is O=C(O)CCCC(OC(=O)CCCCC(=O)OC(CCCC(=O)O)C(=O)O)C(=O)O. The van der Waals surface area contributed by atoms with Gasteiger partial charge in [0.1, 0.15) is 0 Å². The van der Waals surface area contributed by atoms with Crippen LogP contribution in [0, 0.1) is 0 Å². The lowest BCUT2D eigenvalue weighted by Gasteiger charge is -2.14. The first kappa shape index (κ1) is 26.8. The summed E-state index contributed by atoms with van der Waals surface area (Å²) in [6, 6.07) is 0. The lowest BCUT2D eigenvalue weighted by atomic mass is 10.1. The Kier molecular flexibility index (Phi) is 13.2.